The highest BCUT2D eigenvalue weighted by atomic mass is 19.1. The van der Waals surface area contributed by atoms with Gasteiger partial charge in [0.15, 0.2) is 0 Å². The summed E-state index contributed by atoms with van der Waals surface area (Å²) < 4.78 is 13.8. The van der Waals surface area contributed by atoms with Crippen molar-refractivity contribution in [2.75, 3.05) is 0 Å². The number of nitrogens with zero attached hydrogens (tertiary/aromatic N) is 2. The van der Waals surface area contributed by atoms with Gasteiger partial charge in [-0.05, 0) is 47.4 Å². The summed E-state index contributed by atoms with van der Waals surface area (Å²) in [5.74, 6) is -0.526. The topological polar surface area (TPSA) is 62.7 Å². The fourth-order valence-electron chi connectivity index (χ4n) is 2.59. The van der Waals surface area contributed by atoms with Crippen molar-refractivity contribution in [3.05, 3.63) is 89.5 Å². The number of pyridine rings is 1. The van der Waals surface area contributed by atoms with Crippen LogP contribution in [0.5, 0.6) is 0 Å². The lowest BCUT2D eigenvalue weighted by Gasteiger charge is -2.13. The molecule has 3 nitrogen and oxygen atoms in total. The Kier molecular flexibility index (Phi) is 4.64. The van der Waals surface area contributed by atoms with Crippen molar-refractivity contribution in [2.45, 2.75) is 12.5 Å². The van der Waals surface area contributed by atoms with E-state index in [0.29, 0.717) is 12.0 Å². The molecule has 0 saturated heterocycles. The lowest BCUT2D eigenvalue weighted by atomic mass is 9.99. The summed E-state index contributed by atoms with van der Waals surface area (Å²) >= 11 is 0. The summed E-state index contributed by atoms with van der Waals surface area (Å²) in [6, 6.07) is 19.8. The molecule has 0 aliphatic carbocycles. The highest BCUT2D eigenvalue weighted by Gasteiger charge is 2.11. The van der Waals surface area contributed by atoms with Crippen molar-refractivity contribution in [3.8, 4) is 17.2 Å². The smallest absolute Gasteiger partial charge is 0.141 e. The molecule has 1 unspecified atom stereocenters. The van der Waals surface area contributed by atoms with Crippen LogP contribution in [0.25, 0.3) is 11.1 Å². The Labute approximate surface area is 140 Å². The van der Waals surface area contributed by atoms with Crippen LogP contribution in [0.3, 0.4) is 0 Å². The van der Waals surface area contributed by atoms with Crippen LogP contribution in [0.15, 0.2) is 66.9 Å². The molecule has 1 heterocycles. The van der Waals surface area contributed by atoms with Gasteiger partial charge in [0.1, 0.15) is 11.9 Å². The normalized spacial score (nSPS) is 11.7. The Morgan fingerprint density at radius 2 is 1.79 bits per heavy atom. The Balaban J connectivity index is 1.86. The van der Waals surface area contributed by atoms with Gasteiger partial charge in [0.2, 0.25) is 0 Å². The van der Waals surface area contributed by atoms with Crippen molar-refractivity contribution in [1.82, 2.24) is 4.98 Å². The molecule has 118 valence electrons. The van der Waals surface area contributed by atoms with E-state index in [1.165, 1.54) is 12.1 Å². The summed E-state index contributed by atoms with van der Waals surface area (Å²) in [6.07, 6.45) is 2.35. The predicted octanol–water partition coefficient (Wildman–Crippen LogP) is 4.00. The second-order valence-corrected chi connectivity index (χ2v) is 5.57. The van der Waals surface area contributed by atoms with E-state index in [1.54, 1.807) is 18.3 Å². The molecule has 0 spiro atoms. The fourth-order valence-corrected chi connectivity index (χ4v) is 2.59. The van der Waals surface area contributed by atoms with Gasteiger partial charge in [-0.25, -0.2) is 4.39 Å². The summed E-state index contributed by atoms with van der Waals surface area (Å²) in [7, 11) is 0. The third-order valence-electron chi connectivity index (χ3n) is 3.88. The summed E-state index contributed by atoms with van der Waals surface area (Å²) in [6.45, 7) is 0. The molecular formula is C20H16FN3. The minimum atomic E-state index is -0.526. The van der Waals surface area contributed by atoms with Gasteiger partial charge in [-0.2, -0.15) is 5.26 Å². The third-order valence-corrected chi connectivity index (χ3v) is 3.88. The zero-order valence-corrected chi connectivity index (χ0v) is 13.0. The van der Waals surface area contributed by atoms with Crippen LogP contribution in [-0.2, 0) is 6.42 Å². The maximum Gasteiger partial charge on any atom is 0.141 e. The van der Waals surface area contributed by atoms with Gasteiger partial charge in [-0.15, -0.1) is 0 Å². The summed E-state index contributed by atoms with van der Waals surface area (Å²) in [4.78, 5) is 4.35. The fraction of sp³-hybridized carbons (Fsp3) is 0.100. The molecule has 3 aromatic rings. The van der Waals surface area contributed by atoms with Crippen LogP contribution in [0.4, 0.5) is 4.39 Å². The maximum absolute atomic E-state index is 13.8. The van der Waals surface area contributed by atoms with E-state index in [9.17, 15) is 4.39 Å². The SMILES string of the molecule is N#Cc1ccc(-c2ccnc(C(N)Cc3ccccc3)c2)cc1F. The van der Waals surface area contributed by atoms with Crippen molar-refractivity contribution < 1.29 is 4.39 Å². The lowest BCUT2D eigenvalue weighted by Crippen LogP contribution is -2.14. The number of rotatable bonds is 4. The molecule has 3 rings (SSSR count). The first-order valence-corrected chi connectivity index (χ1v) is 7.63. The zero-order valence-electron chi connectivity index (χ0n) is 13.0. The first-order chi connectivity index (χ1) is 11.7. The van der Waals surface area contributed by atoms with Crippen molar-refractivity contribution in [3.63, 3.8) is 0 Å². The lowest BCUT2D eigenvalue weighted by molar-refractivity contribution is 0.624. The number of benzene rings is 2. The standard InChI is InChI=1S/C20H16FN3/c21-18-11-15(6-7-17(18)13-22)16-8-9-24-20(12-16)19(23)10-14-4-2-1-3-5-14/h1-9,11-12,19H,10,23H2. The first-order valence-electron chi connectivity index (χ1n) is 7.63. The zero-order chi connectivity index (χ0) is 16.9. The van der Waals surface area contributed by atoms with Gasteiger partial charge in [-0.1, -0.05) is 36.4 Å². The molecule has 24 heavy (non-hydrogen) atoms. The largest absolute Gasteiger partial charge is 0.322 e. The monoisotopic (exact) mass is 317 g/mol. The van der Waals surface area contributed by atoms with Crippen molar-refractivity contribution in [2.24, 2.45) is 5.73 Å². The van der Waals surface area contributed by atoms with Gasteiger partial charge in [0, 0.05) is 6.20 Å². The number of nitrogens with two attached hydrogens (primary N) is 1. The average Bonchev–Trinajstić information content (AvgIpc) is 2.62. The van der Waals surface area contributed by atoms with Crippen molar-refractivity contribution in [1.29, 1.82) is 5.26 Å². The second kappa shape index (κ2) is 7.03. The summed E-state index contributed by atoms with van der Waals surface area (Å²) in [5, 5.41) is 8.82. The number of nitriles is 1. The average molecular weight is 317 g/mol. The minimum absolute atomic E-state index is 0.0359. The van der Waals surface area contributed by atoms with E-state index in [0.717, 1.165) is 16.8 Å². The molecule has 0 amide bonds. The predicted molar refractivity (Wildman–Crippen MR) is 91.4 cm³/mol. The number of hydrogen-bond donors (Lipinski definition) is 1. The van der Waals surface area contributed by atoms with Gasteiger partial charge in [-0.3, -0.25) is 4.98 Å². The van der Waals surface area contributed by atoms with Crippen LogP contribution >= 0.6 is 0 Å². The maximum atomic E-state index is 13.8. The molecule has 1 atom stereocenters. The molecule has 0 saturated carbocycles. The molecule has 0 bridgehead atoms. The van der Waals surface area contributed by atoms with Crippen molar-refractivity contribution >= 4 is 0 Å². The van der Waals surface area contributed by atoms with E-state index >= 15 is 0 Å². The van der Waals surface area contributed by atoms with Gasteiger partial charge >= 0.3 is 0 Å². The van der Waals surface area contributed by atoms with E-state index in [4.69, 9.17) is 11.0 Å². The first kappa shape index (κ1) is 15.9. The Bertz CT molecular complexity index is 885. The molecule has 2 aromatic carbocycles. The molecule has 2 N–H and O–H groups in total. The third kappa shape index (κ3) is 3.48. The molecule has 0 radical (unpaired) electrons. The van der Waals surface area contributed by atoms with E-state index in [2.05, 4.69) is 4.98 Å². The molecule has 0 aliphatic heterocycles. The molecule has 0 fully saturated rings. The Morgan fingerprint density at radius 1 is 1.04 bits per heavy atom. The summed E-state index contributed by atoms with van der Waals surface area (Å²) in [5.41, 5.74) is 9.72. The Hall–Kier alpha value is -3.03. The molecule has 4 heteroatoms. The number of aromatic nitrogens is 1. The minimum Gasteiger partial charge on any atom is -0.322 e. The number of halogens is 1. The van der Waals surface area contributed by atoms with Crippen LogP contribution in [-0.4, -0.2) is 4.98 Å². The van der Waals surface area contributed by atoms with E-state index < -0.39 is 5.82 Å². The second-order valence-electron chi connectivity index (χ2n) is 5.57. The highest BCUT2D eigenvalue weighted by Crippen LogP contribution is 2.24. The Morgan fingerprint density at radius 3 is 2.50 bits per heavy atom. The van der Waals surface area contributed by atoms with E-state index in [-0.39, 0.29) is 11.6 Å². The highest BCUT2D eigenvalue weighted by molar-refractivity contribution is 5.64. The number of hydrogen-bond acceptors (Lipinski definition) is 3. The van der Waals surface area contributed by atoms with Gasteiger partial charge in [0.05, 0.1) is 17.3 Å². The van der Waals surface area contributed by atoms with Gasteiger partial charge in [0.25, 0.3) is 0 Å². The van der Waals surface area contributed by atoms with Crippen LogP contribution in [0, 0.1) is 17.1 Å². The molecule has 1 aromatic heterocycles. The van der Waals surface area contributed by atoms with Crippen LogP contribution in [0.2, 0.25) is 0 Å². The van der Waals surface area contributed by atoms with Crippen LogP contribution < -0.4 is 5.73 Å². The van der Waals surface area contributed by atoms with Gasteiger partial charge < -0.3 is 5.73 Å². The molecular weight excluding hydrogens is 301 g/mol. The van der Waals surface area contributed by atoms with Crippen LogP contribution in [0.1, 0.15) is 22.9 Å². The molecule has 0 aliphatic rings. The van der Waals surface area contributed by atoms with E-state index in [1.807, 2.05) is 42.5 Å². The quantitative estimate of drug-likeness (QED) is 0.791.